The Bertz CT molecular complexity index is 983. The molecule has 1 aliphatic rings. The van der Waals surface area contributed by atoms with Crippen LogP contribution in [0.25, 0.3) is 0 Å². The van der Waals surface area contributed by atoms with Crippen molar-refractivity contribution < 1.29 is 24.3 Å². The van der Waals surface area contributed by atoms with Gasteiger partial charge >= 0.3 is 5.97 Å². The largest absolute Gasteiger partial charge is 0.478 e. The zero-order valence-corrected chi connectivity index (χ0v) is 16.3. The monoisotopic (exact) mass is 410 g/mol. The van der Waals surface area contributed by atoms with E-state index in [1.165, 1.54) is 16.7 Å². The number of aliphatic carboxylic acids is 1. The SMILES string of the molecule is Cc1ccc(N2C(=O)CC(Sc3ccc(NC(=O)/C=C/C(=O)O)cc3)C2=O)cc1. The van der Waals surface area contributed by atoms with Gasteiger partial charge < -0.3 is 10.4 Å². The van der Waals surface area contributed by atoms with E-state index in [1.807, 2.05) is 19.1 Å². The third-order valence-corrected chi connectivity index (χ3v) is 5.37. The molecule has 1 heterocycles. The lowest BCUT2D eigenvalue weighted by Crippen LogP contribution is -2.31. The van der Waals surface area contributed by atoms with E-state index in [4.69, 9.17) is 5.11 Å². The van der Waals surface area contributed by atoms with E-state index in [0.717, 1.165) is 22.6 Å². The predicted molar refractivity (Wildman–Crippen MR) is 110 cm³/mol. The van der Waals surface area contributed by atoms with E-state index >= 15 is 0 Å². The minimum absolute atomic E-state index is 0.121. The summed E-state index contributed by atoms with van der Waals surface area (Å²) in [5, 5.41) is 10.5. The lowest BCUT2D eigenvalue weighted by molar-refractivity contribution is -0.131. The van der Waals surface area contributed by atoms with E-state index < -0.39 is 17.1 Å². The number of carbonyl (C=O) groups is 4. The highest BCUT2D eigenvalue weighted by atomic mass is 32.2. The standard InChI is InChI=1S/C21H18N2O5S/c1-13-2-6-15(7-3-13)23-19(25)12-17(21(23)28)29-16-8-4-14(5-9-16)22-18(24)10-11-20(26)27/h2-11,17H,12H2,1H3,(H,22,24)(H,26,27)/b11-10+. The fourth-order valence-corrected chi connectivity index (χ4v) is 3.83. The van der Waals surface area contributed by atoms with Crippen LogP contribution < -0.4 is 10.2 Å². The highest BCUT2D eigenvalue weighted by molar-refractivity contribution is 8.00. The van der Waals surface area contributed by atoms with Crippen LogP contribution in [0.1, 0.15) is 12.0 Å². The van der Waals surface area contributed by atoms with E-state index in [0.29, 0.717) is 11.4 Å². The average Bonchev–Trinajstić information content (AvgIpc) is 2.96. The van der Waals surface area contributed by atoms with Gasteiger partial charge in [0.25, 0.3) is 0 Å². The van der Waals surface area contributed by atoms with Gasteiger partial charge in [0.15, 0.2) is 0 Å². The molecule has 0 saturated carbocycles. The van der Waals surface area contributed by atoms with Crippen molar-refractivity contribution in [3.8, 4) is 0 Å². The van der Waals surface area contributed by atoms with Crippen LogP contribution in [0.4, 0.5) is 11.4 Å². The zero-order valence-electron chi connectivity index (χ0n) is 15.5. The maximum atomic E-state index is 12.7. The molecular weight excluding hydrogens is 392 g/mol. The molecule has 2 aromatic carbocycles. The van der Waals surface area contributed by atoms with Crippen LogP contribution in [0.5, 0.6) is 0 Å². The molecule has 1 saturated heterocycles. The molecule has 0 aromatic heterocycles. The first-order chi connectivity index (χ1) is 13.8. The quantitative estimate of drug-likeness (QED) is 0.560. The van der Waals surface area contributed by atoms with Crippen molar-refractivity contribution in [2.75, 3.05) is 10.2 Å². The molecule has 3 rings (SSSR count). The number of hydrogen-bond donors (Lipinski definition) is 2. The molecule has 1 atom stereocenters. The molecule has 1 aliphatic heterocycles. The van der Waals surface area contributed by atoms with Crippen LogP contribution in [0.3, 0.4) is 0 Å². The Hall–Kier alpha value is -3.39. The summed E-state index contributed by atoms with van der Waals surface area (Å²) in [6, 6.07) is 14.0. The fraction of sp³-hybridized carbons (Fsp3) is 0.143. The number of hydrogen-bond acceptors (Lipinski definition) is 5. The molecule has 0 radical (unpaired) electrons. The molecule has 1 unspecified atom stereocenters. The number of amides is 3. The molecule has 8 heteroatoms. The second-order valence-electron chi connectivity index (χ2n) is 6.40. The van der Waals surface area contributed by atoms with Gasteiger partial charge in [0, 0.05) is 29.2 Å². The highest BCUT2D eigenvalue weighted by Crippen LogP contribution is 2.34. The maximum absolute atomic E-state index is 12.7. The van der Waals surface area contributed by atoms with Gasteiger partial charge in [-0.25, -0.2) is 9.69 Å². The first-order valence-electron chi connectivity index (χ1n) is 8.75. The van der Waals surface area contributed by atoms with Crippen molar-refractivity contribution in [1.29, 1.82) is 0 Å². The van der Waals surface area contributed by atoms with Gasteiger partial charge in [0.2, 0.25) is 17.7 Å². The first kappa shape index (κ1) is 20.3. The summed E-state index contributed by atoms with van der Waals surface area (Å²) < 4.78 is 0. The van der Waals surface area contributed by atoms with E-state index in [-0.39, 0.29) is 18.2 Å². The van der Waals surface area contributed by atoms with Crippen molar-refractivity contribution in [3.05, 3.63) is 66.2 Å². The van der Waals surface area contributed by atoms with Gasteiger partial charge in [0.05, 0.1) is 10.9 Å². The van der Waals surface area contributed by atoms with Gasteiger partial charge in [0.1, 0.15) is 0 Å². The normalized spacial score (nSPS) is 16.4. The Morgan fingerprint density at radius 3 is 2.34 bits per heavy atom. The minimum Gasteiger partial charge on any atom is -0.478 e. The van der Waals surface area contributed by atoms with Crippen LogP contribution in [-0.4, -0.2) is 34.0 Å². The molecule has 2 aromatic rings. The summed E-state index contributed by atoms with van der Waals surface area (Å²) in [4.78, 5) is 49.1. The number of carboxylic acid groups (broad SMARTS) is 1. The van der Waals surface area contributed by atoms with Crippen molar-refractivity contribution >= 4 is 46.8 Å². The van der Waals surface area contributed by atoms with Crippen LogP contribution in [0.2, 0.25) is 0 Å². The van der Waals surface area contributed by atoms with Gasteiger partial charge in [-0.2, -0.15) is 0 Å². The summed E-state index contributed by atoms with van der Waals surface area (Å²) in [5.74, 6) is -2.24. The summed E-state index contributed by atoms with van der Waals surface area (Å²) >= 11 is 1.29. The molecular formula is C21H18N2O5S. The second kappa shape index (κ2) is 8.74. The Kier molecular flexibility index (Phi) is 6.13. The number of imide groups is 1. The molecule has 148 valence electrons. The van der Waals surface area contributed by atoms with Crippen molar-refractivity contribution in [3.63, 3.8) is 0 Å². The summed E-state index contributed by atoms with van der Waals surface area (Å²) in [5.41, 5.74) is 2.11. The number of carbonyl (C=O) groups excluding carboxylic acids is 3. The number of thioether (sulfide) groups is 1. The fourth-order valence-electron chi connectivity index (χ4n) is 2.77. The Morgan fingerprint density at radius 2 is 1.72 bits per heavy atom. The van der Waals surface area contributed by atoms with Gasteiger partial charge in [-0.1, -0.05) is 17.7 Å². The van der Waals surface area contributed by atoms with E-state index in [1.54, 1.807) is 36.4 Å². The zero-order chi connectivity index (χ0) is 21.0. The Morgan fingerprint density at radius 1 is 1.07 bits per heavy atom. The van der Waals surface area contributed by atoms with Crippen LogP contribution in [-0.2, 0) is 19.2 Å². The molecule has 2 N–H and O–H groups in total. The minimum atomic E-state index is -1.21. The number of nitrogens with zero attached hydrogens (tertiary/aromatic N) is 1. The van der Waals surface area contributed by atoms with Crippen molar-refractivity contribution in [2.24, 2.45) is 0 Å². The lowest BCUT2D eigenvalue weighted by Gasteiger charge is -2.15. The number of carboxylic acids is 1. The van der Waals surface area contributed by atoms with Crippen molar-refractivity contribution in [1.82, 2.24) is 0 Å². The van der Waals surface area contributed by atoms with E-state index in [9.17, 15) is 19.2 Å². The molecule has 29 heavy (non-hydrogen) atoms. The number of anilines is 2. The molecule has 0 aliphatic carbocycles. The van der Waals surface area contributed by atoms with Gasteiger partial charge in [-0.05, 0) is 43.3 Å². The Balaban J connectivity index is 1.64. The molecule has 3 amide bonds. The number of rotatable bonds is 6. The molecule has 0 spiro atoms. The van der Waals surface area contributed by atoms with Crippen molar-refractivity contribution in [2.45, 2.75) is 23.5 Å². The summed E-state index contributed by atoms with van der Waals surface area (Å²) in [7, 11) is 0. The number of nitrogens with one attached hydrogen (secondary N) is 1. The predicted octanol–water partition coefficient (Wildman–Crippen LogP) is 3.00. The van der Waals surface area contributed by atoms with Crippen LogP contribution >= 0.6 is 11.8 Å². The average molecular weight is 410 g/mol. The number of aryl methyl sites for hydroxylation is 1. The van der Waals surface area contributed by atoms with Crippen LogP contribution in [0.15, 0.2) is 65.6 Å². The number of benzene rings is 2. The maximum Gasteiger partial charge on any atom is 0.328 e. The van der Waals surface area contributed by atoms with Gasteiger partial charge in [-0.15, -0.1) is 11.8 Å². The third kappa shape index (κ3) is 5.11. The van der Waals surface area contributed by atoms with Crippen LogP contribution in [0, 0.1) is 6.92 Å². The molecule has 1 fully saturated rings. The smallest absolute Gasteiger partial charge is 0.328 e. The molecule has 7 nitrogen and oxygen atoms in total. The summed E-state index contributed by atoms with van der Waals surface area (Å²) in [6.45, 7) is 1.94. The summed E-state index contributed by atoms with van der Waals surface area (Å²) in [6.07, 6.45) is 1.80. The van der Waals surface area contributed by atoms with E-state index in [2.05, 4.69) is 5.32 Å². The van der Waals surface area contributed by atoms with Gasteiger partial charge in [-0.3, -0.25) is 14.4 Å². The first-order valence-corrected chi connectivity index (χ1v) is 9.63. The lowest BCUT2D eigenvalue weighted by atomic mass is 10.2. The molecule has 0 bridgehead atoms. The second-order valence-corrected chi connectivity index (χ2v) is 7.67. The third-order valence-electron chi connectivity index (χ3n) is 4.17. The topological polar surface area (TPSA) is 104 Å². The Labute approximate surface area is 171 Å². The highest BCUT2D eigenvalue weighted by Gasteiger charge is 2.40.